The smallest absolute Gasteiger partial charge is 0.230 e. The summed E-state index contributed by atoms with van der Waals surface area (Å²) < 4.78 is 0. The number of pyridine rings is 1. The molecule has 2 aliphatic heterocycles. The molecule has 0 radical (unpaired) electrons. The molecule has 170 valence electrons. The molecule has 7 heteroatoms. The van der Waals surface area contributed by atoms with Crippen LogP contribution in [0.4, 0.5) is 11.5 Å². The van der Waals surface area contributed by atoms with Gasteiger partial charge in [-0.15, -0.1) is 0 Å². The van der Waals surface area contributed by atoms with Crippen molar-refractivity contribution in [3.8, 4) is 0 Å². The number of Topliss-reactive ketones (excluding diaryl/α,β-unsaturated/α-hetero) is 1. The van der Waals surface area contributed by atoms with Gasteiger partial charge in [0.15, 0.2) is 0 Å². The number of aromatic nitrogens is 1. The van der Waals surface area contributed by atoms with E-state index in [0.29, 0.717) is 24.0 Å². The second-order valence-corrected chi connectivity index (χ2v) is 9.54. The number of anilines is 2. The number of hydrogen-bond acceptors (Lipinski definition) is 5. The van der Waals surface area contributed by atoms with Crippen molar-refractivity contribution in [3.63, 3.8) is 0 Å². The summed E-state index contributed by atoms with van der Waals surface area (Å²) in [6, 6.07) is 11.9. The number of carbonyl (C=O) groups is 2. The third kappa shape index (κ3) is 5.30. The van der Waals surface area contributed by atoms with E-state index in [-0.39, 0.29) is 24.0 Å². The van der Waals surface area contributed by atoms with Crippen molar-refractivity contribution < 1.29 is 9.59 Å². The molecule has 32 heavy (non-hydrogen) atoms. The Balaban J connectivity index is 1.36. The molecule has 1 unspecified atom stereocenters. The third-order valence-electron chi connectivity index (χ3n) is 6.60. The Kier molecular flexibility index (Phi) is 7.11. The van der Waals surface area contributed by atoms with Crippen molar-refractivity contribution in [2.24, 2.45) is 5.92 Å². The number of rotatable bonds is 7. The Morgan fingerprint density at radius 2 is 1.91 bits per heavy atom. The van der Waals surface area contributed by atoms with Gasteiger partial charge in [-0.05, 0) is 63.2 Å². The number of benzene rings is 1. The fourth-order valence-corrected chi connectivity index (χ4v) is 4.79. The van der Waals surface area contributed by atoms with Crippen molar-refractivity contribution in [1.29, 1.82) is 0 Å². The summed E-state index contributed by atoms with van der Waals surface area (Å²) in [6.07, 6.45) is 5.20. The highest BCUT2D eigenvalue weighted by Crippen LogP contribution is 2.28. The molecular formula is C25H31ClN4O2. The van der Waals surface area contributed by atoms with Crippen LogP contribution in [0, 0.1) is 5.92 Å². The number of carbonyl (C=O) groups excluding carboxylic acids is 2. The lowest BCUT2D eigenvalue weighted by Gasteiger charge is -2.32. The van der Waals surface area contributed by atoms with Crippen LogP contribution >= 0.6 is 11.6 Å². The van der Waals surface area contributed by atoms with E-state index in [2.05, 4.69) is 28.9 Å². The van der Waals surface area contributed by atoms with Gasteiger partial charge in [0, 0.05) is 49.5 Å². The van der Waals surface area contributed by atoms with E-state index in [9.17, 15) is 9.59 Å². The van der Waals surface area contributed by atoms with Crippen LogP contribution in [-0.4, -0.2) is 61.3 Å². The summed E-state index contributed by atoms with van der Waals surface area (Å²) in [5.41, 5.74) is 1.75. The summed E-state index contributed by atoms with van der Waals surface area (Å²) >= 11 is 5.92. The maximum absolute atomic E-state index is 13.1. The fourth-order valence-electron chi connectivity index (χ4n) is 4.67. The first-order valence-corrected chi connectivity index (χ1v) is 11.7. The zero-order valence-corrected chi connectivity index (χ0v) is 19.6. The number of piperidine rings is 1. The zero-order chi connectivity index (χ0) is 22.7. The largest absolute Gasteiger partial charge is 0.355 e. The molecule has 0 aliphatic carbocycles. The maximum Gasteiger partial charge on any atom is 0.230 e. The number of likely N-dealkylation sites (N-methyl/N-ethyl adjacent to an activating group) is 1. The lowest BCUT2D eigenvalue weighted by molar-refractivity contribution is -0.128. The minimum atomic E-state index is -0.261. The van der Waals surface area contributed by atoms with Crippen molar-refractivity contribution in [3.05, 3.63) is 53.2 Å². The Bertz CT molecular complexity index is 945. The average molecular weight is 455 g/mol. The minimum Gasteiger partial charge on any atom is -0.355 e. The topological polar surface area (TPSA) is 56.8 Å². The molecule has 1 aromatic heterocycles. The predicted molar refractivity (Wildman–Crippen MR) is 128 cm³/mol. The maximum atomic E-state index is 13.1. The molecule has 1 aromatic carbocycles. The summed E-state index contributed by atoms with van der Waals surface area (Å²) in [5.74, 6) is 0.814. The van der Waals surface area contributed by atoms with Crippen LogP contribution in [-0.2, 0) is 16.0 Å². The molecule has 1 amide bonds. The van der Waals surface area contributed by atoms with Crippen LogP contribution in [0.2, 0.25) is 5.02 Å². The highest BCUT2D eigenvalue weighted by Gasteiger charge is 2.31. The van der Waals surface area contributed by atoms with E-state index in [4.69, 9.17) is 11.6 Å². The Labute approximate surface area is 195 Å². The van der Waals surface area contributed by atoms with Crippen LogP contribution in [0.5, 0.6) is 0 Å². The summed E-state index contributed by atoms with van der Waals surface area (Å²) in [6.45, 7) is 2.64. The molecular weight excluding hydrogens is 424 g/mol. The molecule has 2 atom stereocenters. The molecule has 2 fully saturated rings. The van der Waals surface area contributed by atoms with Gasteiger partial charge in [-0.3, -0.25) is 9.59 Å². The normalized spacial score (nSPS) is 21.4. The summed E-state index contributed by atoms with van der Waals surface area (Å²) in [7, 11) is 4.23. The number of hydrogen-bond donors (Lipinski definition) is 0. The first-order valence-electron chi connectivity index (χ1n) is 11.4. The number of ketones is 1. The van der Waals surface area contributed by atoms with Gasteiger partial charge in [0.2, 0.25) is 5.91 Å². The molecule has 3 heterocycles. The molecule has 2 aliphatic rings. The molecule has 4 rings (SSSR count). The zero-order valence-electron chi connectivity index (χ0n) is 18.8. The minimum absolute atomic E-state index is 0.0316. The van der Waals surface area contributed by atoms with Crippen molar-refractivity contribution in [2.75, 3.05) is 43.5 Å². The van der Waals surface area contributed by atoms with Crippen LogP contribution in [0.1, 0.15) is 31.2 Å². The molecule has 6 nitrogen and oxygen atoms in total. The highest BCUT2D eigenvalue weighted by atomic mass is 35.5. The van der Waals surface area contributed by atoms with Gasteiger partial charge in [-0.25, -0.2) is 4.98 Å². The molecule has 0 N–H and O–H groups in total. The SMILES string of the molecule is CN(C)C1CCN(c2ccc(N3CCC[C@@H](CC(=O)Cc4ccc(Cl)cc4)C3=O)cn2)C1. The second kappa shape index (κ2) is 10.0. The van der Waals surface area contributed by atoms with Crippen molar-refractivity contribution >= 4 is 34.8 Å². The summed E-state index contributed by atoms with van der Waals surface area (Å²) in [5, 5.41) is 0.654. The lowest BCUT2D eigenvalue weighted by atomic mass is 9.90. The monoisotopic (exact) mass is 454 g/mol. The van der Waals surface area contributed by atoms with Gasteiger partial charge in [0.05, 0.1) is 11.9 Å². The highest BCUT2D eigenvalue weighted by molar-refractivity contribution is 6.30. The summed E-state index contributed by atoms with van der Waals surface area (Å²) in [4.78, 5) is 36.7. The van der Waals surface area contributed by atoms with E-state index >= 15 is 0 Å². The molecule has 2 saturated heterocycles. The predicted octanol–water partition coefficient (Wildman–Crippen LogP) is 3.82. The van der Waals surface area contributed by atoms with Crippen LogP contribution in [0.25, 0.3) is 0 Å². The van der Waals surface area contributed by atoms with Crippen molar-refractivity contribution in [1.82, 2.24) is 9.88 Å². The average Bonchev–Trinajstić information content (AvgIpc) is 3.28. The third-order valence-corrected chi connectivity index (χ3v) is 6.85. The molecule has 0 saturated carbocycles. The Morgan fingerprint density at radius 3 is 2.56 bits per heavy atom. The van der Waals surface area contributed by atoms with Gasteiger partial charge in [-0.2, -0.15) is 0 Å². The quantitative estimate of drug-likeness (QED) is 0.636. The molecule has 0 bridgehead atoms. The second-order valence-electron chi connectivity index (χ2n) is 9.10. The van der Waals surface area contributed by atoms with E-state index in [1.54, 1.807) is 23.2 Å². The van der Waals surface area contributed by atoms with Crippen LogP contribution in [0.15, 0.2) is 42.6 Å². The lowest BCUT2D eigenvalue weighted by Crippen LogP contribution is -2.42. The van der Waals surface area contributed by atoms with Gasteiger partial charge >= 0.3 is 0 Å². The number of amides is 1. The standard InChI is InChI=1S/C25H31ClN4O2/c1-28(2)22-11-13-29(17-22)24-10-9-21(16-27-24)30-12-3-4-19(25(30)32)15-23(31)14-18-5-7-20(26)8-6-18/h5-10,16,19,22H,3-4,11-15,17H2,1-2H3/t19-,22?/m0/s1. The number of halogens is 1. The van der Waals surface area contributed by atoms with E-state index in [0.717, 1.165) is 49.4 Å². The fraction of sp³-hybridized carbons (Fsp3) is 0.480. The van der Waals surface area contributed by atoms with Gasteiger partial charge in [-0.1, -0.05) is 23.7 Å². The Hall–Kier alpha value is -2.44. The van der Waals surface area contributed by atoms with Gasteiger partial charge < -0.3 is 14.7 Å². The van der Waals surface area contributed by atoms with Gasteiger partial charge in [0.1, 0.15) is 11.6 Å². The van der Waals surface area contributed by atoms with Crippen LogP contribution in [0.3, 0.4) is 0 Å². The first kappa shape index (κ1) is 22.7. The molecule has 2 aromatic rings. The van der Waals surface area contributed by atoms with Crippen molar-refractivity contribution in [2.45, 2.75) is 38.1 Å². The molecule has 0 spiro atoms. The van der Waals surface area contributed by atoms with E-state index in [1.165, 1.54) is 0 Å². The number of nitrogens with zero attached hydrogens (tertiary/aromatic N) is 4. The van der Waals surface area contributed by atoms with Gasteiger partial charge in [0.25, 0.3) is 0 Å². The Morgan fingerprint density at radius 1 is 1.12 bits per heavy atom. The van der Waals surface area contributed by atoms with E-state index in [1.807, 2.05) is 24.3 Å². The first-order chi connectivity index (χ1) is 15.4. The van der Waals surface area contributed by atoms with Crippen LogP contribution < -0.4 is 9.80 Å². The van der Waals surface area contributed by atoms with E-state index < -0.39 is 0 Å².